The van der Waals surface area contributed by atoms with E-state index in [9.17, 15) is 4.79 Å². The van der Waals surface area contributed by atoms with E-state index in [2.05, 4.69) is 12.1 Å². The summed E-state index contributed by atoms with van der Waals surface area (Å²) >= 11 is 0. The number of carbonyl (C=O) groups is 1. The fourth-order valence-corrected chi connectivity index (χ4v) is 2.37. The van der Waals surface area contributed by atoms with Gasteiger partial charge in [-0.05, 0) is 17.5 Å². The molecule has 0 aliphatic rings. The van der Waals surface area contributed by atoms with Crippen molar-refractivity contribution < 1.29 is 4.79 Å². The van der Waals surface area contributed by atoms with Crippen molar-refractivity contribution in [3.63, 3.8) is 0 Å². The van der Waals surface area contributed by atoms with E-state index in [1.165, 1.54) is 5.56 Å². The largest absolute Gasteiger partial charge is 0.341 e. The van der Waals surface area contributed by atoms with Crippen LogP contribution in [0.3, 0.4) is 0 Å². The third-order valence-electron chi connectivity index (χ3n) is 3.45. The Hall–Kier alpha value is -2.09. The first kappa shape index (κ1) is 14.3. The summed E-state index contributed by atoms with van der Waals surface area (Å²) in [5.74, 6) is 0.198. The molecule has 0 unspecified atom stereocenters. The quantitative estimate of drug-likeness (QED) is 0.811. The Balaban J connectivity index is 1.93. The molecule has 0 saturated heterocycles. The zero-order valence-electron chi connectivity index (χ0n) is 12.1. The third-order valence-corrected chi connectivity index (χ3v) is 3.45. The van der Waals surface area contributed by atoms with Crippen molar-refractivity contribution in [3.8, 4) is 0 Å². The number of amides is 1. The third kappa shape index (κ3) is 3.95. The lowest BCUT2D eigenvalue weighted by molar-refractivity contribution is -0.134. The van der Waals surface area contributed by atoms with E-state index < -0.39 is 0 Å². The molecule has 2 aromatic carbocycles. The number of carbonyl (C=O) groups excluding carboxylic acids is 1. The predicted octanol–water partition coefficient (Wildman–Crippen LogP) is 3.52. The summed E-state index contributed by atoms with van der Waals surface area (Å²) < 4.78 is 0. The van der Waals surface area contributed by atoms with Crippen LogP contribution in [0.1, 0.15) is 18.1 Å². The van der Waals surface area contributed by atoms with Gasteiger partial charge in [0.2, 0.25) is 5.91 Å². The van der Waals surface area contributed by atoms with Gasteiger partial charge in [-0.25, -0.2) is 0 Å². The molecule has 0 aromatic heterocycles. The normalized spacial score (nSPS) is 11.9. The van der Waals surface area contributed by atoms with Crippen molar-refractivity contribution in [3.05, 3.63) is 71.8 Å². The highest BCUT2D eigenvalue weighted by molar-refractivity contribution is 5.78. The fourth-order valence-electron chi connectivity index (χ4n) is 2.37. The molecule has 1 atom stereocenters. The Morgan fingerprint density at radius 3 is 2.00 bits per heavy atom. The molecule has 0 N–H and O–H groups in total. The van der Waals surface area contributed by atoms with Crippen molar-refractivity contribution >= 4 is 5.91 Å². The number of benzene rings is 2. The molecule has 0 heterocycles. The van der Waals surface area contributed by atoms with E-state index >= 15 is 0 Å². The van der Waals surface area contributed by atoms with Gasteiger partial charge in [-0.3, -0.25) is 4.79 Å². The summed E-state index contributed by atoms with van der Waals surface area (Å²) in [6.45, 7) is 2.66. The minimum Gasteiger partial charge on any atom is -0.341 e. The Labute approximate surface area is 121 Å². The van der Waals surface area contributed by atoms with Crippen molar-refractivity contribution in [2.45, 2.75) is 19.9 Å². The highest BCUT2D eigenvalue weighted by atomic mass is 16.2. The standard InChI is InChI=1S/C18H21NO/c1-15(13-16-9-5-3-6-10-16)18(20)19(2)14-17-11-7-4-8-12-17/h3-12,15H,13-14H2,1-2H3/t15-/m0/s1. The molecule has 2 rings (SSSR count). The van der Waals surface area contributed by atoms with Crippen molar-refractivity contribution in [1.82, 2.24) is 4.90 Å². The number of rotatable bonds is 5. The van der Waals surface area contributed by atoms with E-state index in [-0.39, 0.29) is 11.8 Å². The SMILES string of the molecule is C[C@@H](Cc1ccccc1)C(=O)N(C)Cc1ccccc1. The van der Waals surface area contributed by atoms with Gasteiger partial charge >= 0.3 is 0 Å². The second-order valence-corrected chi connectivity index (χ2v) is 5.27. The summed E-state index contributed by atoms with van der Waals surface area (Å²) in [4.78, 5) is 14.2. The minimum atomic E-state index is 0.00566. The molecule has 0 fully saturated rings. The lowest BCUT2D eigenvalue weighted by Gasteiger charge is -2.21. The predicted molar refractivity (Wildman–Crippen MR) is 82.2 cm³/mol. The molecular weight excluding hydrogens is 246 g/mol. The van der Waals surface area contributed by atoms with Gasteiger partial charge in [0.1, 0.15) is 0 Å². The maximum Gasteiger partial charge on any atom is 0.225 e. The van der Waals surface area contributed by atoms with Crippen LogP contribution in [0.4, 0.5) is 0 Å². The average Bonchev–Trinajstić information content (AvgIpc) is 2.48. The summed E-state index contributed by atoms with van der Waals surface area (Å²) in [5, 5.41) is 0. The highest BCUT2D eigenvalue weighted by Gasteiger charge is 2.17. The van der Waals surface area contributed by atoms with Crippen molar-refractivity contribution in [2.75, 3.05) is 7.05 Å². The molecule has 0 bridgehead atoms. The molecule has 2 aromatic rings. The summed E-state index contributed by atoms with van der Waals surface area (Å²) in [6, 6.07) is 20.3. The van der Waals surface area contributed by atoms with Crippen LogP contribution in [-0.4, -0.2) is 17.9 Å². The van der Waals surface area contributed by atoms with Gasteiger partial charge in [0, 0.05) is 19.5 Å². The molecule has 0 radical (unpaired) electrons. The van der Waals surface area contributed by atoms with Crippen LogP contribution in [0.5, 0.6) is 0 Å². The van der Waals surface area contributed by atoms with Gasteiger partial charge in [0.15, 0.2) is 0 Å². The van der Waals surface area contributed by atoms with Crippen LogP contribution in [0, 0.1) is 5.92 Å². The molecule has 0 saturated carbocycles. The summed E-state index contributed by atoms with van der Waals surface area (Å²) in [6.07, 6.45) is 0.790. The Morgan fingerprint density at radius 1 is 0.950 bits per heavy atom. The smallest absolute Gasteiger partial charge is 0.225 e. The Kier molecular flexibility index (Phi) is 4.94. The van der Waals surface area contributed by atoms with Crippen LogP contribution < -0.4 is 0 Å². The molecule has 0 aliphatic carbocycles. The Bertz CT molecular complexity index is 486. The minimum absolute atomic E-state index is 0.00566. The molecular formula is C18H21NO. The maximum absolute atomic E-state index is 12.4. The van der Waals surface area contributed by atoms with Crippen molar-refractivity contribution in [1.29, 1.82) is 0 Å². The maximum atomic E-state index is 12.4. The molecule has 20 heavy (non-hydrogen) atoms. The van der Waals surface area contributed by atoms with E-state index in [0.29, 0.717) is 6.54 Å². The average molecular weight is 267 g/mol. The number of nitrogens with zero attached hydrogens (tertiary/aromatic N) is 1. The van der Waals surface area contributed by atoms with Gasteiger partial charge in [-0.2, -0.15) is 0 Å². The molecule has 104 valence electrons. The molecule has 0 aliphatic heterocycles. The van der Waals surface area contributed by atoms with E-state index in [1.54, 1.807) is 0 Å². The zero-order valence-corrected chi connectivity index (χ0v) is 12.1. The topological polar surface area (TPSA) is 20.3 Å². The first-order valence-corrected chi connectivity index (χ1v) is 6.99. The fraction of sp³-hybridized carbons (Fsp3) is 0.278. The van der Waals surface area contributed by atoms with Gasteiger partial charge in [0.25, 0.3) is 0 Å². The highest BCUT2D eigenvalue weighted by Crippen LogP contribution is 2.12. The monoisotopic (exact) mass is 267 g/mol. The van der Waals surface area contributed by atoms with Gasteiger partial charge in [-0.1, -0.05) is 67.6 Å². The van der Waals surface area contributed by atoms with Crippen LogP contribution in [0.2, 0.25) is 0 Å². The van der Waals surface area contributed by atoms with Crippen LogP contribution in [0.15, 0.2) is 60.7 Å². The Morgan fingerprint density at radius 2 is 1.45 bits per heavy atom. The zero-order chi connectivity index (χ0) is 14.4. The van der Waals surface area contributed by atoms with Crippen LogP contribution >= 0.6 is 0 Å². The molecule has 2 nitrogen and oxygen atoms in total. The summed E-state index contributed by atoms with van der Waals surface area (Å²) in [7, 11) is 1.87. The van der Waals surface area contributed by atoms with E-state index in [1.807, 2.05) is 67.4 Å². The first-order valence-electron chi connectivity index (χ1n) is 6.99. The summed E-state index contributed by atoms with van der Waals surface area (Å²) in [5.41, 5.74) is 2.37. The lowest BCUT2D eigenvalue weighted by atomic mass is 10.00. The van der Waals surface area contributed by atoms with Gasteiger partial charge in [0.05, 0.1) is 0 Å². The van der Waals surface area contributed by atoms with E-state index in [4.69, 9.17) is 0 Å². The van der Waals surface area contributed by atoms with Crippen molar-refractivity contribution in [2.24, 2.45) is 5.92 Å². The molecule has 2 heteroatoms. The van der Waals surface area contributed by atoms with Crippen LogP contribution in [0.25, 0.3) is 0 Å². The number of hydrogen-bond acceptors (Lipinski definition) is 1. The second-order valence-electron chi connectivity index (χ2n) is 5.27. The molecule has 1 amide bonds. The lowest BCUT2D eigenvalue weighted by Crippen LogP contribution is -2.32. The number of hydrogen-bond donors (Lipinski definition) is 0. The first-order chi connectivity index (χ1) is 9.66. The van der Waals surface area contributed by atoms with Gasteiger partial charge < -0.3 is 4.90 Å². The molecule has 0 spiro atoms. The van der Waals surface area contributed by atoms with Gasteiger partial charge in [-0.15, -0.1) is 0 Å². The van der Waals surface area contributed by atoms with Crippen LogP contribution in [-0.2, 0) is 17.8 Å². The second kappa shape index (κ2) is 6.90. The van der Waals surface area contributed by atoms with E-state index in [0.717, 1.165) is 12.0 Å².